The highest BCUT2D eigenvalue weighted by molar-refractivity contribution is 5.82. The quantitative estimate of drug-likeness (QED) is 0.834. The van der Waals surface area contributed by atoms with Gasteiger partial charge in [-0.3, -0.25) is 9.59 Å². The third-order valence-corrected chi connectivity index (χ3v) is 4.23. The van der Waals surface area contributed by atoms with Crippen molar-refractivity contribution in [3.8, 4) is 0 Å². The van der Waals surface area contributed by atoms with E-state index in [0.717, 1.165) is 31.5 Å². The molecule has 1 atom stereocenters. The maximum absolute atomic E-state index is 12.1. The van der Waals surface area contributed by atoms with Gasteiger partial charge in [0.2, 0.25) is 11.8 Å². The zero-order chi connectivity index (χ0) is 16.5. The normalized spacial score (nSPS) is 16.5. The minimum atomic E-state index is -0.578. The van der Waals surface area contributed by atoms with E-state index >= 15 is 0 Å². The van der Waals surface area contributed by atoms with E-state index in [2.05, 4.69) is 5.32 Å². The van der Waals surface area contributed by atoms with Crippen molar-refractivity contribution in [2.24, 2.45) is 5.73 Å². The molecule has 2 rings (SSSR count). The lowest BCUT2D eigenvalue weighted by Gasteiger charge is -2.20. The molecule has 1 aliphatic heterocycles. The highest BCUT2D eigenvalue weighted by atomic mass is 16.2. The number of hydrogen-bond acceptors (Lipinski definition) is 3. The molecule has 1 aromatic carbocycles. The van der Waals surface area contributed by atoms with Gasteiger partial charge < -0.3 is 16.0 Å². The molecule has 0 aliphatic carbocycles. The van der Waals surface area contributed by atoms with Gasteiger partial charge in [0.25, 0.3) is 0 Å². The molecule has 5 heteroatoms. The summed E-state index contributed by atoms with van der Waals surface area (Å²) in [6.07, 6.45) is 5.43. The van der Waals surface area contributed by atoms with Crippen LogP contribution in [-0.4, -0.2) is 42.4 Å². The predicted octanol–water partition coefficient (Wildman–Crippen LogP) is 1.47. The van der Waals surface area contributed by atoms with Crippen LogP contribution in [0.5, 0.6) is 0 Å². The second-order valence-electron chi connectivity index (χ2n) is 6.13. The highest BCUT2D eigenvalue weighted by Crippen LogP contribution is 2.10. The zero-order valence-electron chi connectivity index (χ0n) is 13.7. The van der Waals surface area contributed by atoms with E-state index in [0.29, 0.717) is 19.4 Å². The Morgan fingerprint density at radius 2 is 1.74 bits per heavy atom. The summed E-state index contributed by atoms with van der Waals surface area (Å²) >= 11 is 0. The van der Waals surface area contributed by atoms with Crippen LogP contribution in [0.15, 0.2) is 30.3 Å². The van der Waals surface area contributed by atoms with Crippen molar-refractivity contribution in [2.45, 2.75) is 44.6 Å². The number of nitrogens with zero attached hydrogens (tertiary/aromatic N) is 1. The van der Waals surface area contributed by atoms with E-state index in [1.165, 1.54) is 12.8 Å². The summed E-state index contributed by atoms with van der Waals surface area (Å²) in [5.41, 5.74) is 6.96. The molecule has 1 aromatic rings. The zero-order valence-corrected chi connectivity index (χ0v) is 13.7. The molecule has 3 N–H and O–H groups in total. The number of hydrogen-bond donors (Lipinski definition) is 2. The van der Waals surface area contributed by atoms with E-state index in [4.69, 9.17) is 5.73 Å². The Balaban J connectivity index is 1.68. The summed E-state index contributed by atoms with van der Waals surface area (Å²) in [5, 5.41) is 2.78. The van der Waals surface area contributed by atoms with Crippen molar-refractivity contribution in [2.75, 3.05) is 19.6 Å². The van der Waals surface area contributed by atoms with Crippen LogP contribution in [-0.2, 0) is 16.0 Å². The van der Waals surface area contributed by atoms with Crippen LogP contribution >= 0.6 is 0 Å². The number of nitrogens with two attached hydrogens (primary N) is 1. The van der Waals surface area contributed by atoms with E-state index < -0.39 is 6.04 Å². The van der Waals surface area contributed by atoms with Crippen LogP contribution in [0, 0.1) is 0 Å². The minimum absolute atomic E-state index is 0.129. The molecule has 1 heterocycles. The molecular formula is C18H27N3O2. The van der Waals surface area contributed by atoms with Crippen molar-refractivity contribution in [3.63, 3.8) is 0 Å². The fourth-order valence-electron chi connectivity index (χ4n) is 2.86. The molecule has 0 aromatic heterocycles. The van der Waals surface area contributed by atoms with Crippen LogP contribution in [0.25, 0.3) is 0 Å². The van der Waals surface area contributed by atoms with Crippen LogP contribution in [0.1, 0.15) is 37.7 Å². The van der Waals surface area contributed by atoms with Gasteiger partial charge in [-0.15, -0.1) is 0 Å². The van der Waals surface area contributed by atoms with Gasteiger partial charge in [-0.2, -0.15) is 0 Å². The fourth-order valence-corrected chi connectivity index (χ4v) is 2.86. The Labute approximate surface area is 138 Å². The molecule has 0 saturated carbocycles. The minimum Gasteiger partial charge on any atom is -0.354 e. The molecule has 23 heavy (non-hydrogen) atoms. The van der Waals surface area contributed by atoms with Gasteiger partial charge in [0.1, 0.15) is 0 Å². The second kappa shape index (κ2) is 9.30. The number of carbonyl (C=O) groups is 2. The molecule has 0 bridgehead atoms. The molecule has 0 radical (unpaired) electrons. The van der Waals surface area contributed by atoms with Crippen molar-refractivity contribution >= 4 is 11.8 Å². The lowest BCUT2D eigenvalue weighted by Crippen LogP contribution is -2.43. The first kappa shape index (κ1) is 17.5. The van der Waals surface area contributed by atoms with Gasteiger partial charge in [0.15, 0.2) is 0 Å². The third kappa shape index (κ3) is 6.02. The van der Waals surface area contributed by atoms with Crippen LogP contribution in [0.2, 0.25) is 0 Å². The first-order valence-electron chi connectivity index (χ1n) is 8.52. The second-order valence-corrected chi connectivity index (χ2v) is 6.13. The summed E-state index contributed by atoms with van der Waals surface area (Å²) in [4.78, 5) is 26.1. The van der Waals surface area contributed by atoms with Crippen molar-refractivity contribution in [1.82, 2.24) is 10.2 Å². The number of amides is 2. The Hall–Kier alpha value is -1.88. The summed E-state index contributed by atoms with van der Waals surface area (Å²) in [5.74, 6) is -0.0682. The monoisotopic (exact) mass is 317 g/mol. The highest BCUT2D eigenvalue weighted by Gasteiger charge is 2.17. The van der Waals surface area contributed by atoms with Crippen LogP contribution < -0.4 is 11.1 Å². The van der Waals surface area contributed by atoms with Crippen LogP contribution in [0.3, 0.4) is 0 Å². The van der Waals surface area contributed by atoms with Gasteiger partial charge in [0.05, 0.1) is 6.04 Å². The van der Waals surface area contributed by atoms with Crippen LogP contribution in [0.4, 0.5) is 0 Å². The Bertz CT molecular complexity index is 496. The first-order valence-corrected chi connectivity index (χ1v) is 8.52. The average molecular weight is 317 g/mol. The van der Waals surface area contributed by atoms with Gasteiger partial charge >= 0.3 is 0 Å². The van der Waals surface area contributed by atoms with Gasteiger partial charge in [-0.25, -0.2) is 0 Å². The number of likely N-dealkylation sites (tertiary alicyclic amines) is 1. The summed E-state index contributed by atoms with van der Waals surface area (Å²) in [6, 6.07) is 9.13. The molecule has 5 nitrogen and oxygen atoms in total. The Morgan fingerprint density at radius 1 is 1.09 bits per heavy atom. The average Bonchev–Trinajstić information content (AvgIpc) is 2.85. The Kier molecular flexibility index (Phi) is 7.07. The first-order chi connectivity index (χ1) is 11.2. The standard InChI is InChI=1S/C18H27N3O2/c19-16(14-15-8-4-3-5-9-15)18(23)20-11-10-17(22)21-12-6-1-2-7-13-21/h3-5,8-9,16H,1-2,6-7,10-14,19H2,(H,20,23)/t16-/m0/s1. The maximum atomic E-state index is 12.1. The largest absolute Gasteiger partial charge is 0.354 e. The summed E-state index contributed by atoms with van der Waals surface area (Å²) < 4.78 is 0. The van der Waals surface area contributed by atoms with Crippen molar-refractivity contribution < 1.29 is 9.59 Å². The van der Waals surface area contributed by atoms with Gasteiger partial charge in [0, 0.05) is 26.1 Å². The lowest BCUT2D eigenvalue weighted by atomic mass is 10.1. The van der Waals surface area contributed by atoms with E-state index in [9.17, 15) is 9.59 Å². The number of benzene rings is 1. The smallest absolute Gasteiger partial charge is 0.237 e. The fraction of sp³-hybridized carbons (Fsp3) is 0.556. The number of rotatable bonds is 6. The molecule has 1 fully saturated rings. The molecule has 126 valence electrons. The SMILES string of the molecule is N[C@@H](Cc1ccccc1)C(=O)NCCC(=O)N1CCCCCC1. The molecule has 0 spiro atoms. The molecular weight excluding hydrogens is 290 g/mol. The molecule has 2 amide bonds. The van der Waals surface area contributed by atoms with Crippen molar-refractivity contribution in [1.29, 1.82) is 0 Å². The molecule has 0 unspecified atom stereocenters. The Morgan fingerprint density at radius 3 is 2.39 bits per heavy atom. The third-order valence-electron chi connectivity index (χ3n) is 4.23. The summed E-state index contributed by atoms with van der Waals surface area (Å²) in [7, 11) is 0. The maximum Gasteiger partial charge on any atom is 0.237 e. The van der Waals surface area contributed by atoms with E-state index in [-0.39, 0.29) is 11.8 Å². The van der Waals surface area contributed by atoms with Crippen molar-refractivity contribution in [3.05, 3.63) is 35.9 Å². The topological polar surface area (TPSA) is 75.4 Å². The predicted molar refractivity (Wildman–Crippen MR) is 90.8 cm³/mol. The number of carbonyl (C=O) groups excluding carboxylic acids is 2. The molecule has 1 saturated heterocycles. The van der Waals surface area contributed by atoms with E-state index in [1.807, 2.05) is 35.2 Å². The molecule has 1 aliphatic rings. The number of nitrogens with one attached hydrogen (secondary N) is 1. The van der Waals surface area contributed by atoms with E-state index in [1.54, 1.807) is 0 Å². The van der Waals surface area contributed by atoms with Gasteiger partial charge in [-0.05, 0) is 24.8 Å². The lowest BCUT2D eigenvalue weighted by molar-refractivity contribution is -0.131. The summed E-state index contributed by atoms with van der Waals surface area (Å²) in [6.45, 7) is 2.05. The van der Waals surface area contributed by atoms with Gasteiger partial charge in [-0.1, -0.05) is 43.2 Å².